The van der Waals surface area contributed by atoms with E-state index >= 15 is 0 Å². The Kier molecular flexibility index (Phi) is 10.5. The molecule has 1 heterocycles. The highest BCUT2D eigenvalue weighted by Gasteiger charge is 2.34. The van der Waals surface area contributed by atoms with Crippen LogP contribution in [0, 0.1) is 12.3 Å². The van der Waals surface area contributed by atoms with Crippen LogP contribution in [-0.4, -0.2) is 15.2 Å². The van der Waals surface area contributed by atoms with Gasteiger partial charge in [0.05, 0.1) is 12.7 Å². The average Bonchev–Trinajstić information content (AvgIpc) is 2.56. The second kappa shape index (κ2) is 10.9. The van der Waals surface area contributed by atoms with Gasteiger partial charge >= 0.3 is 0 Å². The molecule has 2 rings (SSSR count). The first-order chi connectivity index (χ1) is 11.8. The largest absolute Gasteiger partial charge is 0.392 e. The topological polar surface area (TPSA) is 53.4 Å². The number of nitrogens with zero attached hydrogens (tertiary/aromatic N) is 1. The van der Waals surface area contributed by atoms with Crippen molar-refractivity contribution in [3.63, 3.8) is 0 Å². The molecule has 146 valence electrons. The third-order valence-corrected chi connectivity index (χ3v) is 4.80. The van der Waals surface area contributed by atoms with E-state index in [1.54, 1.807) is 0 Å². The van der Waals surface area contributed by atoms with Crippen LogP contribution >= 0.6 is 0 Å². The Hall–Kier alpha value is -0.930. The number of aromatic nitrogens is 1. The molecule has 3 heteroatoms. The Bertz CT molecular complexity index is 523. The maximum absolute atomic E-state index is 10.5. The fourth-order valence-corrected chi connectivity index (χ4v) is 3.75. The summed E-state index contributed by atoms with van der Waals surface area (Å²) in [6.45, 7) is 18.8. The van der Waals surface area contributed by atoms with E-state index < -0.39 is 6.10 Å². The molecule has 0 bridgehead atoms. The van der Waals surface area contributed by atoms with Crippen LogP contribution in [0.5, 0.6) is 0 Å². The van der Waals surface area contributed by atoms with E-state index in [0.29, 0.717) is 5.92 Å². The summed E-state index contributed by atoms with van der Waals surface area (Å²) in [5.41, 5.74) is 5.08. The zero-order valence-corrected chi connectivity index (χ0v) is 18.0. The van der Waals surface area contributed by atoms with E-state index in [2.05, 4.69) is 27.7 Å². The van der Waals surface area contributed by atoms with Crippen LogP contribution in [0.1, 0.15) is 115 Å². The lowest BCUT2D eigenvalue weighted by Gasteiger charge is -2.36. The third-order valence-electron chi connectivity index (χ3n) is 4.80. The van der Waals surface area contributed by atoms with Gasteiger partial charge in [-0.1, -0.05) is 61.8 Å². The highest BCUT2D eigenvalue weighted by Crippen LogP contribution is 2.43. The average molecular weight is 352 g/mol. The predicted octanol–water partition coefficient (Wildman–Crippen LogP) is 5.84. The standard InChI is InChI=1S/C18H29NO2.2C2H6/c1-6-7-11(2)17-13(10-20)12(3)16-14(19-17)8-18(4,5)9-15(16)21;2*1-2/h11,15,20-21H,6-10H2,1-5H3;2*1-2H3. The lowest BCUT2D eigenvalue weighted by Crippen LogP contribution is -2.28. The van der Waals surface area contributed by atoms with Gasteiger partial charge in [-0.3, -0.25) is 4.98 Å². The predicted molar refractivity (Wildman–Crippen MR) is 108 cm³/mol. The van der Waals surface area contributed by atoms with Crippen molar-refractivity contribution in [3.05, 3.63) is 28.1 Å². The van der Waals surface area contributed by atoms with Crippen LogP contribution in [0.15, 0.2) is 0 Å². The summed E-state index contributed by atoms with van der Waals surface area (Å²) in [4.78, 5) is 4.89. The summed E-state index contributed by atoms with van der Waals surface area (Å²) in [5, 5.41) is 20.3. The molecule has 0 saturated carbocycles. The highest BCUT2D eigenvalue weighted by atomic mass is 16.3. The molecule has 0 amide bonds. The van der Waals surface area contributed by atoms with Crippen molar-refractivity contribution in [1.82, 2.24) is 4.98 Å². The first kappa shape index (κ1) is 24.1. The van der Waals surface area contributed by atoms with E-state index in [-0.39, 0.29) is 12.0 Å². The SMILES string of the molecule is CC.CC.CCCC(C)c1nc2c(c(C)c1CO)C(O)CC(C)(C)C2. The number of aliphatic hydroxyl groups excluding tert-OH is 2. The van der Waals surface area contributed by atoms with Gasteiger partial charge in [-0.25, -0.2) is 0 Å². The Morgan fingerprint density at radius 2 is 1.76 bits per heavy atom. The lowest BCUT2D eigenvalue weighted by atomic mass is 9.73. The van der Waals surface area contributed by atoms with E-state index in [0.717, 1.165) is 53.8 Å². The van der Waals surface area contributed by atoms with Crippen LogP contribution in [0.2, 0.25) is 0 Å². The molecule has 1 aliphatic rings. The molecule has 0 saturated heterocycles. The number of hydrogen-bond donors (Lipinski definition) is 2. The molecule has 0 fully saturated rings. The second-order valence-electron chi connectivity index (χ2n) is 7.37. The minimum Gasteiger partial charge on any atom is -0.392 e. The third kappa shape index (κ3) is 5.79. The molecule has 25 heavy (non-hydrogen) atoms. The molecule has 0 aromatic carbocycles. The van der Waals surface area contributed by atoms with Crippen molar-refractivity contribution in [1.29, 1.82) is 0 Å². The number of fused-ring (bicyclic) bond motifs is 1. The van der Waals surface area contributed by atoms with Crippen LogP contribution < -0.4 is 0 Å². The monoisotopic (exact) mass is 351 g/mol. The molecule has 2 N–H and O–H groups in total. The van der Waals surface area contributed by atoms with Gasteiger partial charge in [0.25, 0.3) is 0 Å². The number of hydrogen-bond acceptors (Lipinski definition) is 3. The molecular weight excluding hydrogens is 310 g/mol. The van der Waals surface area contributed by atoms with Crippen molar-refractivity contribution in [2.24, 2.45) is 5.41 Å². The first-order valence-corrected chi connectivity index (χ1v) is 10.1. The quantitative estimate of drug-likeness (QED) is 0.716. The van der Waals surface area contributed by atoms with Gasteiger partial charge in [0.1, 0.15) is 0 Å². The molecule has 1 aromatic rings. The molecule has 2 unspecified atom stereocenters. The lowest BCUT2D eigenvalue weighted by molar-refractivity contribution is 0.0970. The van der Waals surface area contributed by atoms with Gasteiger partial charge in [0, 0.05) is 22.5 Å². The minimum absolute atomic E-state index is 0.00557. The van der Waals surface area contributed by atoms with Gasteiger partial charge in [0.2, 0.25) is 0 Å². The van der Waals surface area contributed by atoms with Gasteiger partial charge in [-0.2, -0.15) is 0 Å². The molecule has 1 aromatic heterocycles. The van der Waals surface area contributed by atoms with Crippen molar-refractivity contribution in [2.75, 3.05) is 0 Å². The zero-order chi connectivity index (χ0) is 19.8. The highest BCUT2D eigenvalue weighted by molar-refractivity contribution is 5.43. The van der Waals surface area contributed by atoms with E-state index in [1.165, 1.54) is 0 Å². The summed E-state index contributed by atoms with van der Waals surface area (Å²) in [7, 11) is 0. The minimum atomic E-state index is -0.461. The van der Waals surface area contributed by atoms with Crippen LogP contribution in [0.3, 0.4) is 0 Å². The molecule has 0 aliphatic heterocycles. The van der Waals surface area contributed by atoms with Crippen molar-refractivity contribution >= 4 is 0 Å². The van der Waals surface area contributed by atoms with Gasteiger partial charge in [0.15, 0.2) is 0 Å². The van der Waals surface area contributed by atoms with Crippen LogP contribution in [-0.2, 0) is 13.0 Å². The Balaban J connectivity index is 0.00000134. The van der Waals surface area contributed by atoms with Crippen LogP contribution in [0.4, 0.5) is 0 Å². The molecular formula is C22H41NO2. The number of pyridine rings is 1. The van der Waals surface area contributed by atoms with E-state index in [4.69, 9.17) is 4.98 Å². The van der Waals surface area contributed by atoms with Gasteiger partial charge < -0.3 is 10.2 Å². The normalized spacial score (nSPS) is 18.9. The Labute approximate surface area is 155 Å². The molecule has 2 atom stereocenters. The Morgan fingerprint density at radius 1 is 1.20 bits per heavy atom. The van der Waals surface area contributed by atoms with E-state index in [1.807, 2.05) is 34.6 Å². The maximum Gasteiger partial charge on any atom is 0.0815 e. The summed E-state index contributed by atoms with van der Waals surface area (Å²) >= 11 is 0. The number of aliphatic hydroxyl groups is 2. The van der Waals surface area contributed by atoms with Crippen molar-refractivity contribution < 1.29 is 10.2 Å². The summed E-state index contributed by atoms with van der Waals surface area (Å²) < 4.78 is 0. The number of rotatable bonds is 4. The summed E-state index contributed by atoms with van der Waals surface area (Å²) in [6, 6.07) is 0. The smallest absolute Gasteiger partial charge is 0.0815 e. The van der Waals surface area contributed by atoms with Gasteiger partial charge in [-0.15, -0.1) is 0 Å². The fourth-order valence-electron chi connectivity index (χ4n) is 3.75. The van der Waals surface area contributed by atoms with Crippen molar-refractivity contribution in [3.8, 4) is 0 Å². The molecule has 0 spiro atoms. The van der Waals surface area contributed by atoms with Crippen LogP contribution in [0.25, 0.3) is 0 Å². The van der Waals surface area contributed by atoms with Gasteiger partial charge in [-0.05, 0) is 43.1 Å². The zero-order valence-electron chi connectivity index (χ0n) is 18.0. The van der Waals surface area contributed by atoms with E-state index in [9.17, 15) is 10.2 Å². The fraction of sp³-hybridized carbons (Fsp3) is 0.773. The Morgan fingerprint density at radius 3 is 2.24 bits per heavy atom. The molecule has 0 radical (unpaired) electrons. The summed E-state index contributed by atoms with van der Waals surface area (Å²) in [6.07, 6.45) is 3.38. The molecule has 1 aliphatic carbocycles. The second-order valence-corrected chi connectivity index (χ2v) is 7.37. The molecule has 3 nitrogen and oxygen atoms in total. The van der Waals surface area contributed by atoms with Crippen molar-refractivity contribution in [2.45, 2.75) is 107 Å². The maximum atomic E-state index is 10.5. The summed E-state index contributed by atoms with van der Waals surface area (Å²) in [5.74, 6) is 0.350. The first-order valence-electron chi connectivity index (χ1n) is 10.1.